The quantitative estimate of drug-likeness (QED) is 0.807. The van der Waals surface area contributed by atoms with Gasteiger partial charge in [0.1, 0.15) is 5.60 Å². The number of nitrogens with zero attached hydrogens (tertiary/aromatic N) is 1. The van der Waals surface area contributed by atoms with Crippen LogP contribution in [0.2, 0.25) is 0 Å². The SMILES string of the molecule is COc1cc(C2=CC[C@H](C)CN2C(=O)OC(C)(C)C)ccc1F. The first-order valence-corrected chi connectivity index (χ1v) is 7.76. The van der Waals surface area contributed by atoms with Gasteiger partial charge in [0.15, 0.2) is 11.6 Å². The number of amides is 1. The maximum Gasteiger partial charge on any atom is 0.414 e. The van der Waals surface area contributed by atoms with E-state index in [4.69, 9.17) is 9.47 Å². The van der Waals surface area contributed by atoms with Crippen LogP contribution in [0.3, 0.4) is 0 Å². The van der Waals surface area contributed by atoms with Crippen LogP contribution >= 0.6 is 0 Å². The number of allylic oxidation sites excluding steroid dienone is 1. The predicted octanol–water partition coefficient (Wildman–Crippen LogP) is 4.45. The van der Waals surface area contributed by atoms with Gasteiger partial charge in [-0.3, -0.25) is 4.90 Å². The molecule has 23 heavy (non-hydrogen) atoms. The highest BCUT2D eigenvalue weighted by Gasteiger charge is 2.29. The van der Waals surface area contributed by atoms with Crippen LogP contribution in [0.5, 0.6) is 5.75 Å². The second-order valence-corrected chi connectivity index (χ2v) is 6.87. The lowest BCUT2D eigenvalue weighted by Gasteiger charge is -2.34. The van der Waals surface area contributed by atoms with Crippen molar-refractivity contribution in [3.8, 4) is 5.75 Å². The van der Waals surface area contributed by atoms with Crippen LogP contribution in [0.15, 0.2) is 24.3 Å². The zero-order valence-electron chi connectivity index (χ0n) is 14.4. The lowest BCUT2D eigenvalue weighted by atomic mass is 9.98. The van der Waals surface area contributed by atoms with Crippen molar-refractivity contribution in [2.45, 2.75) is 39.7 Å². The number of carbonyl (C=O) groups is 1. The van der Waals surface area contributed by atoms with Crippen molar-refractivity contribution in [1.29, 1.82) is 0 Å². The molecule has 0 saturated heterocycles. The number of ether oxygens (including phenoxy) is 2. The Morgan fingerprint density at radius 2 is 2.04 bits per heavy atom. The maximum atomic E-state index is 13.6. The smallest absolute Gasteiger partial charge is 0.414 e. The normalized spacial score (nSPS) is 18.4. The Balaban J connectivity index is 2.35. The molecule has 126 valence electrons. The minimum Gasteiger partial charge on any atom is -0.494 e. The largest absolute Gasteiger partial charge is 0.494 e. The van der Waals surface area contributed by atoms with Crippen LogP contribution in [0.4, 0.5) is 9.18 Å². The van der Waals surface area contributed by atoms with Crippen LogP contribution in [0.25, 0.3) is 5.70 Å². The molecule has 1 atom stereocenters. The summed E-state index contributed by atoms with van der Waals surface area (Å²) in [5, 5.41) is 0. The standard InChI is InChI=1S/C18H24FNO3/c1-12-6-9-15(13-7-8-14(19)16(10-13)22-5)20(11-12)17(21)23-18(2,3)4/h7-10,12H,6,11H2,1-5H3/t12-/m0/s1. The Labute approximate surface area is 136 Å². The van der Waals surface area contributed by atoms with Crippen molar-refractivity contribution in [2.75, 3.05) is 13.7 Å². The van der Waals surface area contributed by atoms with E-state index in [0.29, 0.717) is 12.5 Å². The Hall–Kier alpha value is -2.04. The van der Waals surface area contributed by atoms with Gasteiger partial charge in [0.2, 0.25) is 0 Å². The van der Waals surface area contributed by atoms with E-state index in [2.05, 4.69) is 6.92 Å². The van der Waals surface area contributed by atoms with E-state index in [1.807, 2.05) is 26.8 Å². The minimum absolute atomic E-state index is 0.158. The molecule has 1 aliphatic heterocycles. The van der Waals surface area contributed by atoms with E-state index in [1.54, 1.807) is 17.0 Å². The fraction of sp³-hybridized carbons (Fsp3) is 0.500. The summed E-state index contributed by atoms with van der Waals surface area (Å²) in [5.74, 6) is 0.0737. The van der Waals surface area contributed by atoms with Gasteiger partial charge in [0.05, 0.1) is 12.8 Å². The molecular weight excluding hydrogens is 297 g/mol. The number of benzene rings is 1. The van der Waals surface area contributed by atoms with E-state index < -0.39 is 17.5 Å². The Morgan fingerprint density at radius 3 is 2.65 bits per heavy atom. The van der Waals surface area contributed by atoms with E-state index in [9.17, 15) is 9.18 Å². The Kier molecular flexibility index (Phi) is 4.97. The summed E-state index contributed by atoms with van der Waals surface area (Å²) < 4.78 is 24.2. The summed E-state index contributed by atoms with van der Waals surface area (Å²) in [7, 11) is 1.42. The topological polar surface area (TPSA) is 38.8 Å². The summed E-state index contributed by atoms with van der Waals surface area (Å²) in [5.41, 5.74) is 0.903. The minimum atomic E-state index is -0.566. The van der Waals surface area contributed by atoms with Crippen LogP contribution in [-0.4, -0.2) is 30.2 Å². The number of rotatable bonds is 2. The molecule has 0 saturated carbocycles. The molecule has 1 aromatic carbocycles. The molecule has 1 amide bonds. The first kappa shape index (κ1) is 17.3. The third kappa shape index (κ3) is 4.24. The maximum absolute atomic E-state index is 13.6. The van der Waals surface area contributed by atoms with Gasteiger partial charge in [-0.25, -0.2) is 9.18 Å². The molecule has 0 bridgehead atoms. The van der Waals surface area contributed by atoms with Crippen molar-refractivity contribution in [3.05, 3.63) is 35.7 Å². The number of hydrogen-bond donors (Lipinski definition) is 0. The summed E-state index contributed by atoms with van der Waals surface area (Å²) in [6, 6.07) is 4.60. The third-order valence-electron chi connectivity index (χ3n) is 3.56. The second kappa shape index (κ2) is 6.60. The molecule has 0 aromatic heterocycles. The van der Waals surface area contributed by atoms with Gasteiger partial charge in [0, 0.05) is 12.1 Å². The first-order valence-electron chi connectivity index (χ1n) is 7.76. The van der Waals surface area contributed by atoms with Gasteiger partial charge in [0.25, 0.3) is 0 Å². The molecule has 0 unspecified atom stereocenters. The molecule has 5 heteroatoms. The van der Waals surface area contributed by atoms with Crippen molar-refractivity contribution < 1.29 is 18.7 Å². The molecule has 1 heterocycles. The first-order chi connectivity index (χ1) is 10.7. The number of halogens is 1. The molecule has 0 fully saturated rings. The van der Waals surface area contributed by atoms with Gasteiger partial charge in [-0.15, -0.1) is 0 Å². The van der Waals surface area contributed by atoms with Crippen molar-refractivity contribution in [1.82, 2.24) is 4.90 Å². The molecule has 2 rings (SSSR count). The van der Waals surface area contributed by atoms with Gasteiger partial charge in [-0.1, -0.05) is 13.0 Å². The van der Waals surface area contributed by atoms with Gasteiger partial charge < -0.3 is 9.47 Å². The Morgan fingerprint density at radius 1 is 1.35 bits per heavy atom. The highest BCUT2D eigenvalue weighted by atomic mass is 19.1. The predicted molar refractivity (Wildman–Crippen MR) is 87.7 cm³/mol. The fourth-order valence-corrected chi connectivity index (χ4v) is 2.49. The molecular formula is C18H24FNO3. The lowest BCUT2D eigenvalue weighted by Crippen LogP contribution is -2.39. The highest BCUT2D eigenvalue weighted by Crippen LogP contribution is 2.31. The second-order valence-electron chi connectivity index (χ2n) is 6.87. The molecule has 0 spiro atoms. The number of carbonyl (C=O) groups excluding carboxylic acids is 1. The molecule has 4 nitrogen and oxygen atoms in total. The van der Waals surface area contributed by atoms with E-state index in [-0.39, 0.29) is 5.75 Å². The highest BCUT2D eigenvalue weighted by molar-refractivity contribution is 5.83. The van der Waals surface area contributed by atoms with Gasteiger partial charge >= 0.3 is 6.09 Å². The van der Waals surface area contributed by atoms with E-state index in [0.717, 1.165) is 17.7 Å². The summed E-state index contributed by atoms with van der Waals surface area (Å²) in [4.78, 5) is 14.1. The molecule has 1 aliphatic rings. The van der Waals surface area contributed by atoms with Crippen LogP contribution in [-0.2, 0) is 4.74 Å². The monoisotopic (exact) mass is 321 g/mol. The van der Waals surface area contributed by atoms with Crippen molar-refractivity contribution in [2.24, 2.45) is 5.92 Å². The van der Waals surface area contributed by atoms with E-state index in [1.165, 1.54) is 13.2 Å². The third-order valence-corrected chi connectivity index (χ3v) is 3.56. The number of methoxy groups -OCH3 is 1. The fourth-order valence-electron chi connectivity index (χ4n) is 2.49. The van der Waals surface area contributed by atoms with Crippen molar-refractivity contribution >= 4 is 11.8 Å². The van der Waals surface area contributed by atoms with Gasteiger partial charge in [-0.2, -0.15) is 0 Å². The zero-order valence-corrected chi connectivity index (χ0v) is 14.4. The lowest BCUT2D eigenvalue weighted by molar-refractivity contribution is 0.0327. The molecule has 0 N–H and O–H groups in total. The summed E-state index contributed by atoms with van der Waals surface area (Å²) in [6.07, 6.45) is 2.46. The average molecular weight is 321 g/mol. The van der Waals surface area contributed by atoms with Crippen LogP contribution in [0, 0.1) is 11.7 Å². The Bertz CT molecular complexity index is 619. The number of hydrogen-bond acceptors (Lipinski definition) is 3. The summed E-state index contributed by atoms with van der Waals surface area (Å²) >= 11 is 0. The molecule has 0 radical (unpaired) electrons. The van der Waals surface area contributed by atoms with Crippen LogP contribution < -0.4 is 4.74 Å². The van der Waals surface area contributed by atoms with Gasteiger partial charge in [-0.05, 0) is 51.3 Å². The van der Waals surface area contributed by atoms with E-state index >= 15 is 0 Å². The summed E-state index contributed by atoms with van der Waals surface area (Å²) in [6.45, 7) is 8.16. The van der Waals surface area contributed by atoms with Crippen molar-refractivity contribution in [3.63, 3.8) is 0 Å². The van der Waals surface area contributed by atoms with Crippen LogP contribution in [0.1, 0.15) is 39.7 Å². The zero-order chi connectivity index (χ0) is 17.2. The molecule has 1 aromatic rings. The average Bonchev–Trinajstić information content (AvgIpc) is 2.46. The molecule has 0 aliphatic carbocycles.